The van der Waals surface area contributed by atoms with Crippen molar-refractivity contribution in [1.82, 2.24) is 9.88 Å². The molecular weight excluding hydrogens is 370 g/mol. The van der Waals surface area contributed by atoms with Gasteiger partial charge in [0.2, 0.25) is 5.91 Å². The maximum absolute atomic E-state index is 12.9. The van der Waals surface area contributed by atoms with Crippen LogP contribution in [0.15, 0.2) is 47.3 Å². The first-order valence-corrected chi connectivity index (χ1v) is 9.46. The molecule has 0 atom stereocenters. The molecule has 2 aromatic carbocycles. The van der Waals surface area contributed by atoms with Crippen LogP contribution in [-0.2, 0) is 17.8 Å². The number of ether oxygens (including phenoxy) is 2. The molecule has 0 saturated carbocycles. The average molecular weight is 393 g/mol. The lowest BCUT2D eigenvalue weighted by atomic mass is 10.0. The molecule has 0 radical (unpaired) electrons. The third kappa shape index (κ3) is 3.82. The smallest absolute Gasteiger partial charge is 0.238 e. The quantitative estimate of drug-likeness (QED) is 0.696. The molecule has 29 heavy (non-hydrogen) atoms. The minimum Gasteiger partial charge on any atom is -0.497 e. The highest BCUT2D eigenvalue weighted by Gasteiger charge is 2.22. The van der Waals surface area contributed by atoms with Crippen molar-refractivity contribution in [2.75, 3.05) is 32.6 Å². The van der Waals surface area contributed by atoms with Crippen molar-refractivity contribution >= 4 is 22.5 Å². The van der Waals surface area contributed by atoms with E-state index in [0.29, 0.717) is 42.1 Å². The summed E-state index contributed by atoms with van der Waals surface area (Å²) in [5, 5.41) is 3.56. The fourth-order valence-electron chi connectivity index (χ4n) is 3.72. The monoisotopic (exact) mass is 393 g/mol. The van der Waals surface area contributed by atoms with Crippen molar-refractivity contribution in [2.24, 2.45) is 0 Å². The number of para-hydroxylation sites is 1. The zero-order valence-electron chi connectivity index (χ0n) is 16.5. The number of rotatable bonds is 5. The predicted molar refractivity (Wildman–Crippen MR) is 112 cm³/mol. The summed E-state index contributed by atoms with van der Waals surface area (Å²) in [6.07, 6.45) is 0.700. The van der Waals surface area contributed by atoms with Crippen LogP contribution in [-0.4, -0.2) is 43.1 Å². The molecule has 1 aromatic heterocycles. The van der Waals surface area contributed by atoms with Gasteiger partial charge < -0.3 is 19.8 Å². The number of hydrogen-bond acceptors (Lipinski definition) is 5. The van der Waals surface area contributed by atoms with Crippen LogP contribution in [0.4, 0.5) is 5.69 Å². The first-order valence-electron chi connectivity index (χ1n) is 9.46. The Balaban J connectivity index is 1.50. The van der Waals surface area contributed by atoms with Gasteiger partial charge in [-0.2, -0.15) is 0 Å². The van der Waals surface area contributed by atoms with Crippen LogP contribution < -0.4 is 20.2 Å². The second kappa shape index (κ2) is 7.97. The molecule has 1 amide bonds. The molecule has 4 rings (SSSR count). The summed E-state index contributed by atoms with van der Waals surface area (Å²) in [5.74, 6) is 1.02. The number of fused-ring (bicyclic) bond motifs is 2. The number of methoxy groups -OCH3 is 2. The number of carbonyl (C=O) groups excluding carboxylic acids is 1. The number of anilines is 1. The van der Waals surface area contributed by atoms with Gasteiger partial charge in [0.05, 0.1) is 26.5 Å². The number of pyridine rings is 1. The fraction of sp³-hybridized carbons (Fsp3) is 0.273. The van der Waals surface area contributed by atoms with Crippen LogP contribution >= 0.6 is 0 Å². The van der Waals surface area contributed by atoms with Crippen molar-refractivity contribution in [1.29, 1.82) is 0 Å². The standard InChI is InChI=1S/C22H23N3O4/c1-28-14-7-8-20(29-2)19(11-14)24-21(26)13-25-10-9-18-16(12-25)22(27)15-5-3-4-6-17(15)23-18/h3-8,11H,9-10,12-13H2,1-2H3,(H,23,27)(H,24,26). The summed E-state index contributed by atoms with van der Waals surface area (Å²) in [4.78, 5) is 30.8. The van der Waals surface area contributed by atoms with E-state index in [-0.39, 0.29) is 17.9 Å². The number of aromatic amines is 1. The van der Waals surface area contributed by atoms with Gasteiger partial charge in [0.25, 0.3) is 0 Å². The Morgan fingerprint density at radius 1 is 1.17 bits per heavy atom. The summed E-state index contributed by atoms with van der Waals surface area (Å²) in [5.41, 5.74) is 3.14. The number of aromatic nitrogens is 1. The fourth-order valence-corrected chi connectivity index (χ4v) is 3.72. The Labute approximate surface area is 168 Å². The SMILES string of the molecule is COc1ccc(OC)c(NC(=O)CN2CCc3[nH]c4ccccc4c(=O)c3C2)c1. The van der Waals surface area contributed by atoms with Crippen molar-refractivity contribution in [3.05, 3.63) is 63.9 Å². The number of nitrogens with zero attached hydrogens (tertiary/aromatic N) is 1. The van der Waals surface area contributed by atoms with Crippen molar-refractivity contribution in [2.45, 2.75) is 13.0 Å². The molecule has 0 bridgehead atoms. The van der Waals surface area contributed by atoms with Crippen LogP contribution in [0.5, 0.6) is 11.5 Å². The molecule has 0 saturated heterocycles. The van der Waals surface area contributed by atoms with Gasteiger partial charge in [-0.25, -0.2) is 0 Å². The molecule has 2 heterocycles. The summed E-state index contributed by atoms with van der Waals surface area (Å²) in [6, 6.07) is 12.8. The zero-order chi connectivity index (χ0) is 20.4. The number of carbonyl (C=O) groups is 1. The van der Waals surface area contributed by atoms with E-state index in [4.69, 9.17) is 9.47 Å². The number of hydrogen-bond donors (Lipinski definition) is 2. The van der Waals surface area contributed by atoms with E-state index < -0.39 is 0 Å². The Morgan fingerprint density at radius 3 is 2.79 bits per heavy atom. The van der Waals surface area contributed by atoms with Crippen molar-refractivity contribution in [3.63, 3.8) is 0 Å². The summed E-state index contributed by atoms with van der Waals surface area (Å²) < 4.78 is 10.5. The third-order valence-corrected chi connectivity index (χ3v) is 5.20. The van der Waals surface area contributed by atoms with Gasteiger partial charge in [-0.15, -0.1) is 0 Å². The second-order valence-corrected chi connectivity index (χ2v) is 7.03. The van der Waals surface area contributed by atoms with Gasteiger partial charge in [-0.1, -0.05) is 12.1 Å². The second-order valence-electron chi connectivity index (χ2n) is 7.03. The Hall–Kier alpha value is -3.32. The Bertz CT molecular complexity index is 1120. The molecule has 0 unspecified atom stereocenters. The highest BCUT2D eigenvalue weighted by atomic mass is 16.5. The lowest BCUT2D eigenvalue weighted by Crippen LogP contribution is -2.39. The van der Waals surface area contributed by atoms with Gasteiger partial charge in [-0.05, 0) is 24.3 Å². The van der Waals surface area contributed by atoms with E-state index in [9.17, 15) is 9.59 Å². The normalized spacial score (nSPS) is 13.7. The maximum Gasteiger partial charge on any atom is 0.238 e. The average Bonchev–Trinajstić information content (AvgIpc) is 2.74. The van der Waals surface area contributed by atoms with E-state index in [2.05, 4.69) is 10.3 Å². The Kier molecular flexibility index (Phi) is 5.22. The lowest BCUT2D eigenvalue weighted by molar-refractivity contribution is -0.117. The first-order chi connectivity index (χ1) is 14.1. The number of benzene rings is 2. The molecule has 150 valence electrons. The Morgan fingerprint density at radius 2 is 2.00 bits per heavy atom. The number of amides is 1. The van der Waals surface area contributed by atoms with E-state index >= 15 is 0 Å². The van der Waals surface area contributed by atoms with E-state index in [1.54, 1.807) is 32.4 Å². The minimum absolute atomic E-state index is 0.0360. The predicted octanol–water partition coefficient (Wildman–Crippen LogP) is 2.54. The third-order valence-electron chi connectivity index (χ3n) is 5.20. The van der Waals surface area contributed by atoms with E-state index in [1.165, 1.54) is 0 Å². The summed E-state index contributed by atoms with van der Waals surface area (Å²) >= 11 is 0. The molecule has 0 fully saturated rings. The highest BCUT2D eigenvalue weighted by Crippen LogP contribution is 2.29. The molecule has 1 aliphatic heterocycles. The first kappa shape index (κ1) is 19.0. The molecule has 1 aliphatic rings. The minimum atomic E-state index is -0.169. The van der Waals surface area contributed by atoms with Crippen LogP contribution in [0, 0.1) is 0 Å². The molecule has 7 nitrogen and oxygen atoms in total. The molecule has 7 heteroatoms. The van der Waals surface area contributed by atoms with Gasteiger partial charge in [0, 0.05) is 47.7 Å². The molecule has 0 spiro atoms. The van der Waals surface area contributed by atoms with Crippen LogP contribution in [0.2, 0.25) is 0 Å². The largest absolute Gasteiger partial charge is 0.497 e. The molecular formula is C22H23N3O4. The summed E-state index contributed by atoms with van der Waals surface area (Å²) in [7, 11) is 3.12. The number of H-pyrrole nitrogens is 1. The van der Waals surface area contributed by atoms with Crippen molar-refractivity contribution in [3.8, 4) is 11.5 Å². The van der Waals surface area contributed by atoms with Crippen molar-refractivity contribution < 1.29 is 14.3 Å². The zero-order valence-corrected chi connectivity index (χ0v) is 16.5. The summed E-state index contributed by atoms with van der Waals surface area (Å²) in [6.45, 7) is 1.33. The van der Waals surface area contributed by atoms with Gasteiger partial charge in [-0.3, -0.25) is 14.5 Å². The van der Waals surface area contributed by atoms with Gasteiger partial charge >= 0.3 is 0 Å². The number of nitrogens with one attached hydrogen (secondary N) is 2. The molecule has 2 N–H and O–H groups in total. The maximum atomic E-state index is 12.9. The van der Waals surface area contributed by atoms with Crippen LogP contribution in [0.1, 0.15) is 11.3 Å². The van der Waals surface area contributed by atoms with E-state index in [1.807, 2.05) is 29.2 Å². The van der Waals surface area contributed by atoms with Gasteiger partial charge in [0.1, 0.15) is 11.5 Å². The van der Waals surface area contributed by atoms with Crippen LogP contribution in [0.25, 0.3) is 10.9 Å². The van der Waals surface area contributed by atoms with Crippen LogP contribution in [0.3, 0.4) is 0 Å². The van der Waals surface area contributed by atoms with Gasteiger partial charge in [0.15, 0.2) is 5.43 Å². The molecule has 0 aliphatic carbocycles. The molecule has 3 aromatic rings. The highest BCUT2D eigenvalue weighted by molar-refractivity contribution is 5.94. The lowest BCUT2D eigenvalue weighted by Gasteiger charge is -2.28. The van der Waals surface area contributed by atoms with E-state index in [0.717, 1.165) is 16.8 Å². The topological polar surface area (TPSA) is 83.7 Å².